The second-order valence-electron chi connectivity index (χ2n) is 5.89. The minimum Gasteiger partial charge on any atom is -0.488 e. The van der Waals surface area contributed by atoms with Gasteiger partial charge in [0.2, 0.25) is 0 Å². The number of carbonyl (C=O) groups is 1. The minimum absolute atomic E-state index is 0.238. The number of hydrogen-bond donors (Lipinski definition) is 1. The van der Waals surface area contributed by atoms with E-state index in [-0.39, 0.29) is 12.5 Å². The Morgan fingerprint density at radius 3 is 2.52 bits per heavy atom. The van der Waals surface area contributed by atoms with Crippen molar-refractivity contribution in [2.24, 2.45) is 5.10 Å². The van der Waals surface area contributed by atoms with Crippen LogP contribution in [-0.2, 0) is 6.61 Å². The molecule has 148 valence electrons. The summed E-state index contributed by atoms with van der Waals surface area (Å²) in [6, 6.07) is 17.4. The molecule has 29 heavy (non-hydrogen) atoms. The van der Waals surface area contributed by atoms with E-state index in [4.69, 9.17) is 39.5 Å². The third-order valence-corrected chi connectivity index (χ3v) is 5.37. The van der Waals surface area contributed by atoms with Crippen LogP contribution in [0.15, 0.2) is 70.2 Å². The second-order valence-corrected chi connectivity index (χ2v) is 8.02. The summed E-state index contributed by atoms with van der Waals surface area (Å²) < 4.78 is 6.54. The zero-order chi connectivity index (χ0) is 20.8. The second kappa shape index (κ2) is 10.1. The Morgan fingerprint density at radius 2 is 1.76 bits per heavy atom. The fourth-order valence-electron chi connectivity index (χ4n) is 2.41. The number of hydrazone groups is 1. The SMILES string of the molecule is O=C(N/N=C\c1cc(Cl)ccc1OCc1ccc(Cl)cc1Cl)c1ccccc1Br. The van der Waals surface area contributed by atoms with Gasteiger partial charge in [0.05, 0.1) is 11.8 Å². The minimum atomic E-state index is -0.342. The summed E-state index contributed by atoms with van der Waals surface area (Å²) >= 11 is 21.5. The van der Waals surface area contributed by atoms with Crippen molar-refractivity contribution in [3.63, 3.8) is 0 Å². The molecule has 0 spiro atoms. The molecule has 4 nitrogen and oxygen atoms in total. The Labute approximate surface area is 191 Å². The molecule has 0 unspecified atom stereocenters. The van der Waals surface area contributed by atoms with E-state index in [1.165, 1.54) is 6.21 Å². The van der Waals surface area contributed by atoms with Crippen LogP contribution in [0.3, 0.4) is 0 Å². The number of ether oxygens (including phenoxy) is 1. The van der Waals surface area contributed by atoms with Gasteiger partial charge in [-0.25, -0.2) is 5.43 Å². The van der Waals surface area contributed by atoms with Crippen molar-refractivity contribution in [1.29, 1.82) is 0 Å². The van der Waals surface area contributed by atoms with Crippen molar-refractivity contribution in [2.45, 2.75) is 6.61 Å². The van der Waals surface area contributed by atoms with E-state index in [0.717, 1.165) is 5.56 Å². The van der Waals surface area contributed by atoms with Crippen molar-refractivity contribution >= 4 is 62.9 Å². The van der Waals surface area contributed by atoms with Crippen LogP contribution in [0.2, 0.25) is 15.1 Å². The molecule has 0 aliphatic rings. The Kier molecular flexibility index (Phi) is 7.56. The first kappa shape index (κ1) is 21.7. The molecule has 0 radical (unpaired) electrons. The van der Waals surface area contributed by atoms with Gasteiger partial charge in [-0.15, -0.1) is 0 Å². The van der Waals surface area contributed by atoms with Crippen molar-refractivity contribution in [3.05, 3.63) is 96.9 Å². The third-order valence-electron chi connectivity index (χ3n) is 3.86. The van der Waals surface area contributed by atoms with Gasteiger partial charge >= 0.3 is 0 Å². The first-order valence-electron chi connectivity index (χ1n) is 8.38. The number of nitrogens with one attached hydrogen (secondary N) is 1. The number of rotatable bonds is 6. The van der Waals surface area contributed by atoms with Crippen LogP contribution >= 0.6 is 50.7 Å². The van der Waals surface area contributed by atoms with Crippen LogP contribution < -0.4 is 10.2 Å². The van der Waals surface area contributed by atoms with Crippen LogP contribution in [0, 0.1) is 0 Å². The predicted molar refractivity (Wildman–Crippen MR) is 121 cm³/mol. The van der Waals surface area contributed by atoms with Crippen molar-refractivity contribution in [3.8, 4) is 5.75 Å². The fraction of sp³-hybridized carbons (Fsp3) is 0.0476. The fourth-order valence-corrected chi connectivity index (χ4v) is 3.52. The maximum absolute atomic E-state index is 12.2. The molecule has 0 heterocycles. The first-order valence-corrected chi connectivity index (χ1v) is 10.3. The van der Waals surface area contributed by atoms with E-state index in [2.05, 4.69) is 26.5 Å². The molecule has 8 heteroatoms. The van der Waals surface area contributed by atoms with Gasteiger partial charge in [-0.1, -0.05) is 53.0 Å². The molecule has 0 saturated carbocycles. The average molecular weight is 513 g/mol. The molecule has 0 aromatic heterocycles. The summed E-state index contributed by atoms with van der Waals surface area (Å²) in [6.07, 6.45) is 1.47. The molecule has 3 aromatic carbocycles. The van der Waals surface area contributed by atoms with E-state index in [1.54, 1.807) is 54.6 Å². The lowest BCUT2D eigenvalue weighted by atomic mass is 10.2. The monoisotopic (exact) mass is 510 g/mol. The van der Waals surface area contributed by atoms with Crippen LogP contribution in [0.25, 0.3) is 0 Å². The van der Waals surface area contributed by atoms with E-state index in [1.807, 2.05) is 6.07 Å². The smallest absolute Gasteiger partial charge is 0.272 e. The van der Waals surface area contributed by atoms with Gasteiger partial charge in [0.25, 0.3) is 5.91 Å². The normalized spacial score (nSPS) is 10.9. The highest BCUT2D eigenvalue weighted by Gasteiger charge is 2.09. The summed E-state index contributed by atoms with van der Waals surface area (Å²) in [5.41, 5.74) is 4.36. The Morgan fingerprint density at radius 1 is 1.03 bits per heavy atom. The maximum Gasteiger partial charge on any atom is 0.272 e. The molecule has 0 atom stereocenters. The molecule has 3 aromatic rings. The third kappa shape index (κ3) is 5.97. The lowest BCUT2D eigenvalue weighted by Crippen LogP contribution is -2.18. The number of hydrogen-bond acceptors (Lipinski definition) is 3. The van der Waals surface area contributed by atoms with Gasteiger partial charge < -0.3 is 4.74 Å². The van der Waals surface area contributed by atoms with E-state index in [0.29, 0.717) is 36.4 Å². The highest BCUT2D eigenvalue weighted by molar-refractivity contribution is 9.10. The Hall–Kier alpha value is -2.05. The van der Waals surface area contributed by atoms with Crippen LogP contribution in [0.1, 0.15) is 21.5 Å². The zero-order valence-electron chi connectivity index (χ0n) is 14.8. The first-order chi connectivity index (χ1) is 13.9. The average Bonchev–Trinajstić information content (AvgIpc) is 2.69. The molecule has 0 fully saturated rings. The van der Waals surface area contributed by atoms with Crippen molar-refractivity contribution < 1.29 is 9.53 Å². The van der Waals surface area contributed by atoms with Crippen molar-refractivity contribution in [1.82, 2.24) is 5.43 Å². The number of carbonyl (C=O) groups excluding carboxylic acids is 1. The number of benzene rings is 3. The van der Waals surface area contributed by atoms with Crippen LogP contribution in [0.5, 0.6) is 5.75 Å². The quantitative estimate of drug-likeness (QED) is 0.293. The van der Waals surface area contributed by atoms with Gasteiger partial charge in [0.15, 0.2) is 0 Å². The Balaban J connectivity index is 1.72. The number of amides is 1. The predicted octanol–water partition coefficient (Wildman–Crippen LogP) is 6.75. The molecule has 0 aliphatic heterocycles. The molecule has 0 saturated heterocycles. The molecule has 0 bridgehead atoms. The van der Waals surface area contributed by atoms with Crippen LogP contribution in [0.4, 0.5) is 0 Å². The van der Waals surface area contributed by atoms with Gasteiger partial charge in [-0.2, -0.15) is 5.10 Å². The summed E-state index contributed by atoms with van der Waals surface area (Å²) in [5, 5.41) is 5.60. The largest absolute Gasteiger partial charge is 0.488 e. The highest BCUT2D eigenvalue weighted by atomic mass is 79.9. The topological polar surface area (TPSA) is 50.7 Å². The standard InChI is InChI=1S/C21H14BrCl3N2O2/c22-18-4-2-1-3-17(18)21(28)27-26-11-14-9-15(23)7-8-20(14)29-12-13-5-6-16(24)10-19(13)25/h1-11H,12H2,(H,27,28)/b26-11-. The molecule has 0 aliphatic carbocycles. The van der Waals surface area contributed by atoms with Crippen molar-refractivity contribution in [2.75, 3.05) is 0 Å². The number of nitrogens with zero attached hydrogens (tertiary/aromatic N) is 1. The summed E-state index contributed by atoms with van der Waals surface area (Å²) in [7, 11) is 0. The van der Waals surface area contributed by atoms with Gasteiger partial charge in [-0.3, -0.25) is 4.79 Å². The van der Waals surface area contributed by atoms with Gasteiger partial charge in [-0.05, 0) is 58.4 Å². The summed E-state index contributed by atoms with van der Waals surface area (Å²) in [5.74, 6) is 0.200. The lowest BCUT2D eigenvalue weighted by Gasteiger charge is -2.11. The molecular formula is C21H14BrCl3N2O2. The zero-order valence-corrected chi connectivity index (χ0v) is 18.7. The molecular weight excluding hydrogens is 499 g/mol. The molecule has 3 rings (SSSR count). The number of halogens is 4. The van der Waals surface area contributed by atoms with E-state index in [9.17, 15) is 4.79 Å². The maximum atomic E-state index is 12.2. The van der Waals surface area contributed by atoms with E-state index < -0.39 is 0 Å². The van der Waals surface area contributed by atoms with Gasteiger partial charge in [0.1, 0.15) is 12.4 Å². The van der Waals surface area contributed by atoms with Crippen LogP contribution in [-0.4, -0.2) is 12.1 Å². The van der Waals surface area contributed by atoms with E-state index >= 15 is 0 Å². The lowest BCUT2D eigenvalue weighted by molar-refractivity contribution is 0.0954. The summed E-state index contributed by atoms with van der Waals surface area (Å²) in [4.78, 5) is 12.2. The highest BCUT2D eigenvalue weighted by Crippen LogP contribution is 2.25. The van der Waals surface area contributed by atoms with Gasteiger partial charge in [0, 0.05) is 30.7 Å². The molecule has 1 N–H and O–H groups in total. The summed E-state index contributed by atoms with van der Waals surface area (Å²) in [6.45, 7) is 0.238. The molecule has 1 amide bonds. The Bertz CT molecular complexity index is 1070.